The van der Waals surface area contributed by atoms with E-state index in [1.165, 1.54) is 103 Å². The molecule has 0 saturated heterocycles. The molecule has 8 nitrogen and oxygen atoms in total. The SMILES string of the molecule is CCCCC/C=C\C/C=C\CCCCCCCCOCC(COP(=O)([O-])OCC[N+](C)(C)C)OC(=O)CCCCCCCCCCCCCC. The summed E-state index contributed by atoms with van der Waals surface area (Å²) in [6, 6.07) is 0. The van der Waals surface area contributed by atoms with Gasteiger partial charge in [0.15, 0.2) is 0 Å². The molecule has 2 atom stereocenters. The van der Waals surface area contributed by atoms with Gasteiger partial charge in [-0.25, -0.2) is 0 Å². The van der Waals surface area contributed by atoms with Crippen LogP contribution in [0.4, 0.5) is 0 Å². The zero-order chi connectivity index (χ0) is 37.0. The third-order valence-corrected chi connectivity index (χ3v) is 9.72. The second kappa shape index (κ2) is 35.0. The molecule has 0 rings (SSSR count). The lowest BCUT2D eigenvalue weighted by molar-refractivity contribution is -0.870. The molecule has 50 heavy (non-hydrogen) atoms. The lowest BCUT2D eigenvalue weighted by atomic mass is 10.0. The van der Waals surface area contributed by atoms with Gasteiger partial charge in [0.05, 0.1) is 34.4 Å². The van der Waals surface area contributed by atoms with Crippen molar-refractivity contribution in [3.05, 3.63) is 24.3 Å². The van der Waals surface area contributed by atoms with Gasteiger partial charge in [-0.1, -0.05) is 147 Å². The Labute approximate surface area is 309 Å². The number of nitrogens with zero attached hydrogens (tertiary/aromatic N) is 1. The van der Waals surface area contributed by atoms with E-state index in [0.717, 1.165) is 51.4 Å². The van der Waals surface area contributed by atoms with E-state index >= 15 is 0 Å². The van der Waals surface area contributed by atoms with E-state index < -0.39 is 13.9 Å². The Bertz CT molecular complexity index is 858. The van der Waals surface area contributed by atoms with Crippen molar-refractivity contribution in [2.75, 3.05) is 54.1 Å². The van der Waals surface area contributed by atoms with Crippen LogP contribution in [0.5, 0.6) is 0 Å². The van der Waals surface area contributed by atoms with E-state index in [0.29, 0.717) is 24.1 Å². The molecule has 0 aromatic rings. The summed E-state index contributed by atoms with van der Waals surface area (Å²) in [7, 11) is 1.35. The number of hydrogen-bond donors (Lipinski definition) is 0. The van der Waals surface area contributed by atoms with Gasteiger partial charge in [-0.15, -0.1) is 0 Å². The van der Waals surface area contributed by atoms with Gasteiger partial charge in [-0.3, -0.25) is 9.36 Å². The standard InChI is InChI=1S/C41H80NO7P/c1-6-8-10-12-14-16-18-20-21-22-23-25-27-29-31-33-36-46-38-40(39-48-50(44,45)47-37-35-42(3,4)5)49-41(43)34-32-30-28-26-24-19-17-15-13-11-9-7-2/h14,16,20-21,40H,6-13,15,17-19,22-39H2,1-5H3/b16-14-,21-20-. The third kappa shape index (κ3) is 38.2. The number of ether oxygens (including phenoxy) is 2. The minimum absolute atomic E-state index is 0.0255. The van der Waals surface area contributed by atoms with Gasteiger partial charge in [0, 0.05) is 13.0 Å². The molecule has 9 heteroatoms. The molecule has 0 spiro atoms. The summed E-state index contributed by atoms with van der Waals surface area (Å²) in [6.45, 7) is 5.37. The molecule has 0 saturated carbocycles. The molecule has 0 aromatic carbocycles. The molecule has 0 aromatic heterocycles. The number of quaternary nitrogens is 1. The number of phosphoric acid groups is 1. The van der Waals surface area contributed by atoms with Crippen LogP contribution in [-0.2, 0) is 27.9 Å². The number of allylic oxidation sites excluding steroid dienone is 4. The highest BCUT2D eigenvalue weighted by Crippen LogP contribution is 2.38. The number of esters is 1. The van der Waals surface area contributed by atoms with Crippen LogP contribution in [0.3, 0.4) is 0 Å². The Balaban J connectivity index is 4.27. The fraction of sp³-hybridized carbons (Fsp3) is 0.878. The molecule has 0 aliphatic rings. The molecular formula is C41H80NO7P. The lowest BCUT2D eigenvalue weighted by Crippen LogP contribution is -2.37. The topological polar surface area (TPSA) is 94.1 Å². The van der Waals surface area contributed by atoms with Crippen LogP contribution in [0.15, 0.2) is 24.3 Å². The second-order valence-electron chi connectivity index (χ2n) is 15.0. The van der Waals surface area contributed by atoms with Gasteiger partial charge in [0.1, 0.15) is 19.3 Å². The molecule has 0 heterocycles. The summed E-state index contributed by atoms with van der Waals surface area (Å²) < 4.78 is 34.5. The maximum absolute atomic E-state index is 12.6. The van der Waals surface area contributed by atoms with E-state index in [1.54, 1.807) is 0 Å². The molecule has 0 N–H and O–H groups in total. The molecule has 296 valence electrons. The molecule has 0 radical (unpaired) electrons. The molecule has 0 amide bonds. The predicted octanol–water partition coefficient (Wildman–Crippen LogP) is 11.0. The monoisotopic (exact) mass is 730 g/mol. The number of unbranched alkanes of at least 4 members (excludes halogenated alkanes) is 20. The average Bonchev–Trinajstić information content (AvgIpc) is 3.06. The average molecular weight is 730 g/mol. The largest absolute Gasteiger partial charge is 0.756 e. The van der Waals surface area contributed by atoms with E-state index in [4.69, 9.17) is 18.5 Å². The fourth-order valence-corrected chi connectivity index (χ4v) is 6.25. The van der Waals surface area contributed by atoms with Crippen molar-refractivity contribution >= 4 is 13.8 Å². The molecule has 0 aliphatic carbocycles. The van der Waals surface area contributed by atoms with E-state index in [1.807, 2.05) is 21.1 Å². The normalized spacial score (nSPS) is 14.1. The predicted molar refractivity (Wildman–Crippen MR) is 208 cm³/mol. The van der Waals surface area contributed by atoms with Crippen LogP contribution in [0.1, 0.15) is 174 Å². The van der Waals surface area contributed by atoms with Crippen LogP contribution < -0.4 is 4.89 Å². The fourth-order valence-electron chi connectivity index (χ4n) is 5.52. The summed E-state index contributed by atoms with van der Waals surface area (Å²) in [6.07, 6.45) is 37.5. The number of rotatable bonds is 38. The van der Waals surface area contributed by atoms with Gasteiger partial charge in [-0.05, 0) is 44.9 Å². The van der Waals surface area contributed by atoms with Crippen molar-refractivity contribution in [2.45, 2.75) is 180 Å². The molecular weight excluding hydrogens is 649 g/mol. The highest BCUT2D eigenvalue weighted by Gasteiger charge is 2.20. The van der Waals surface area contributed by atoms with Crippen LogP contribution in [0.25, 0.3) is 0 Å². The second-order valence-corrected chi connectivity index (χ2v) is 16.4. The Hall–Kier alpha value is -1.02. The van der Waals surface area contributed by atoms with Gasteiger partial charge < -0.3 is 27.9 Å². The van der Waals surface area contributed by atoms with Crippen molar-refractivity contribution in [1.82, 2.24) is 0 Å². The van der Waals surface area contributed by atoms with Crippen LogP contribution >= 0.6 is 7.82 Å². The van der Waals surface area contributed by atoms with Crippen LogP contribution in [-0.4, -0.2) is 70.7 Å². The van der Waals surface area contributed by atoms with Crippen molar-refractivity contribution in [2.24, 2.45) is 0 Å². The summed E-state index contributed by atoms with van der Waals surface area (Å²) in [5.41, 5.74) is 0. The minimum Gasteiger partial charge on any atom is -0.756 e. The number of carbonyl (C=O) groups excluding carboxylic acids is 1. The van der Waals surface area contributed by atoms with Crippen molar-refractivity contribution in [3.63, 3.8) is 0 Å². The number of likely N-dealkylation sites (N-methyl/N-ethyl adjacent to an activating group) is 1. The summed E-state index contributed by atoms with van der Waals surface area (Å²) in [4.78, 5) is 24.9. The Morgan fingerprint density at radius 1 is 0.620 bits per heavy atom. The van der Waals surface area contributed by atoms with E-state index in [-0.39, 0.29) is 25.8 Å². The van der Waals surface area contributed by atoms with Crippen molar-refractivity contribution in [1.29, 1.82) is 0 Å². The van der Waals surface area contributed by atoms with Crippen LogP contribution in [0, 0.1) is 0 Å². The summed E-state index contributed by atoms with van der Waals surface area (Å²) in [5, 5.41) is 0. The molecule has 0 fully saturated rings. The zero-order valence-corrected chi connectivity index (χ0v) is 34.2. The first-order valence-electron chi connectivity index (χ1n) is 20.6. The van der Waals surface area contributed by atoms with Crippen LogP contribution in [0.2, 0.25) is 0 Å². The maximum atomic E-state index is 12.6. The van der Waals surface area contributed by atoms with Crippen molar-refractivity contribution in [3.8, 4) is 0 Å². The van der Waals surface area contributed by atoms with Crippen molar-refractivity contribution < 1.29 is 37.3 Å². The highest BCUT2D eigenvalue weighted by atomic mass is 31.2. The first-order valence-corrected chi connectivity index (χ1v) is 22.0. The smallest absolute Gasteiger partial charge is 0.306 e. The number of hydrogen-bond acceptors (Lipinski definition) is 7. The maximum Gasteiger partial charge on any atom is 0.306 e. The molecule has 0 aliphatic heterocycles. The third-order valence-electron chi connectivity index (χ3n) is 8.76. The Morgan fingerprint density at radius 2 is 1.10 bits per heavy atom. The first kappa shape index (κ1) is 49.0. The Kier molecular flexibility index (Phi) is 34.3. The summed E-state index contributed by atoms with van der Waals surface area (Å²) in [5.74, 6) is -0.338. The van der Waals surface area contributed by atoms with E-state index in [9.17, 15) is 14.3 Å². The molecule has 2 unspecified atom stereocenters. The van der Waals surface area contributed by atoms with E-state index in [2.05, 4.69) is 38.2 Å². The van der Waals surface area contributed by atoms with Gasteiger partial charge in [0.25, 0.3) is 7.82 Å². The lowest BCUT2D eigenvalue weighted by Gasteiger charge is -2.28. The number of carbonyl (C=O) groups is 1. The number of phosphoric ester groups is 1. The first-order chi connectivity index (χ1) is 24.1. The highest BCUT2D eigenvalue weighted by molar-refractivity contribution is 7.45. The van der Waals surface area contributed by atoms with Gasteiger partial charge >= 0.3 is 5.97 Å². The van der Waals surface area contributed by atoms with Gasteiger partial charge in [0.2, 0.25) is 0 Å². The Morgan fingerprint density at radius 3 is 1.66 bits per heavy atom. The zero-order valence-electron chi connectivity index (χ0n) is 33.4. The molecule has 0 bridgehead atoms. The van der Waals surface area contributed by atoms with Gasteiger partial charge in [-0.2, -0.15) is 0 Å². The minimum atomic E-state index is -4.52. The quantitative estimate of drug-likeness (QED) is 0.0205. The summed E-state index contributed by atoms with van der Waals surface area (Å²) >= 11 is 0.